The predicted molar refractivity (Wildman–Crippen MR) is 76.1 cm³/mol. The second-order valence-electron chi connectivity index (χ2n) is 4.58. The van der Waals surface area contributed by atoms with E-state index in [1.165, 1.54) is 0 Å². The van der Waals surface area contributed by atoms with E-state index in [1.807, 2.05) is 19.1 Å². The van der Waals surface area contributed by atoms with Gasteiger partial charge < -0.3 is 9.84 Å². The summed E-state index contributed by atoms with van der Waals surface area (Å²) in [4.78, 5) is 14.5. The number of morpholine rings is 1. The maximum absolute atomic E-state index is 11.1. The fraction of sp³-hybridized carbons (Fsp3) is 0.500. The zero-order valence-corrected chi connectivity index (χ0v) is 11.9. The highest BCUT2D eigenvalue weighted by Crippen LogP contribution is 2.21. The van der Waals surface area contributed by atoms with Crippen LogP contribution in [0.4, 0.5) is 0 Å². The molecule has 0 amide bonds. The van der Waals surface area contributed by atoms with Crippen LogP contribution in [0.5, 0.6) is 0 Å². The van der Waals surface area contributed by atoms with Gasteiger partial charge in [-0.3, -0.25) is 4.90 Å². The van der Waals surface area contributed by atoms with Crippen molar-refractivity contribution in [1.29, 1.82) is 0 Å². The SMILES string of the molecule is Cc1ccc(SCCN2CCOCC2)cc1C(=O)O. The van der Waals surface area contributed by atoms with E-state index in [-0.39, 0.29) is 0 Å². The van der Waals surface area contributed by atoms with E-state index in [2.05, 4.69) is 4.90 Å². The van der Waals surface area contributed by atoms with Crippen LogP contribution in [0.15, 0.2) is 23.1 Å². The third kappa shape index (κ3) is 4.23. The molecule has 0 aromatic heterocycles. The summed E-state index contributed by atoms with van der Waals surface area (Å²) in [7, 11) is 0. The average Bonchev–Trinajstić information content (AvgIpc) is 2.41. The molecule has 2 rings (SSSR count). The Balaban J connectivity index is 1.85. The maximum Gasteiger partial charge on any atom is 0.335 e. The van der Waals surface area contributed by atoms with Crippen LogP contribution in [0.1, 0.15) is 15.9 Å². The first-order valence-electron chi connectivity index (χ1n) is 6.43. The minimum Gasteiger partial charge on any atom is -0.478 e. The van der Waals surface area contributed by atoms with E-state index < -0.39 is 5.97 Å². The highest BCUT2D eigenvalue weighted by molar-refractivity contribution is 7.99. The number of aromatic carboxylic acids is 1. The standard InChI is InChI=1S/C14H19NO3S/c1-11-2-3-12(10-13(11)14(16)17)19-9-6-15-4-7-18-8-5-15/h2-3,10H,4-9H2,1H3,(H,16,17). The molecule has 1 aromatic rings. The highest BCUT2D eigenvalue weighted by atomic mass is 32.2. The van der Waals surface area contributed by atoms with Crippen LogP contribution in [-0.4, -0.2) is 54.6 Å². The third-order valence-corrected chi connectivity index (χ3v) is 4.19. The molecule has 0 spiro atoms. The first kappa shape index (κ1) is 14.4. The zero-order chi connectivity index (χ0) is 13.7. The lowest BCUT2D eigenvalue weighted by molar-refractivity contribution is 0.0410. The van der Waals surface area contributed by atoms with Gasteiger partial charge in [-0.1, -0.05) is 6.07 Å². The molecular weight excluding hydrogens is 262 g/mol. The van der Waals surface area contributed by atoms with Gasteiger partial charge >= 0.3 is 5.97 Å². The number of aryl methyl sites for hydroxylation is 1. The Morgan fingerprint density at radius 2 is 2.16 bits per heavy atom. The Bertz CT molecular complexity index is 444. The molecule has 104 valence electrons. The fourth-order valence-corrected chi connectivity index (χ4v) is 2.99. The van der Waals surface area contributed by atoms with Crippen LogP contribution in [-0.2, 0) is 4.74 Å². The minimum absolute atomic E-state index is 0.399. The van der Waals surface area contributed by atoms with Crippen molar-refractivity contribution in [1.82, 2.24) is 4.90 Å². The molecule has 0 unspecified atom stereocenters. The van der Waals surface area contributed by atoms with Gasteiger partial charge in [-0.2, -0.15) is 0 Å². The van der Waals surface area contributed by atoms with Gasteiger partial charge in [-0.15, -0.1) is 11.8 Å². The zero-order valence-electron chi connectivity index (χ0n) is 11.1. The minimum atomic E-state index is -0.854. The molecular formula is C14H19NO3S. The summed E-state index contributed by atoms with van der Waals surface area (Å²) in [5.74, 6) is 0.121. The molecule has 1 heterocycles. The number of carbonyl (C=O) groups is 1. The van der Waals surface area contributed by atoms with Gasteiger partial charge in [0.15, 0.2) is 0 Å². The van der Waals surface area contributed by atoms with Gasteiger partial charge in [-0.25, -0.2) is 4.79 Å². The van der Waals surface area contributed by atoms with Gasteiger partial charge in [0.05, 0.1) is 18.8 Å². The van der Waals surface area contributed by atoms with E-state index in [9.17, 15) is 4.79 Å². The maximum atomic E-state index is 11.1. The molecule has 1 aliphatic heterocycles. The lowest BCUT2D eigenvalue weighted by Gasteiger charge is -2.26. The Morgan fingerprint density at radius 3 is 2.84 bits per heavy atom. The predicted octanol–water partition coefficient (Wildman–Crippen LogP) is 2.12. The van der Waals surface area contributed by atoms with E-state index in [0.29, 0.717) is 5.56 Å². The van der Waals surface area contributed by atoms with Gasteiger partial charge in [0.1, 0.15) is 0 Å². The van der Waals surface area contributed by atoms with E-state index in [1.54, 1.807) is 17.8 Å². The lowest BCUT2D eigenvalue weighted by Crippen LogP contribution is -2.37. The van der Waals surface area contributed by atoms with Crippen molar-refractivity contribution in [2.45, 2.75) is 11.8 Å². The van der Waals surface area contributed by atoms with Gasteiger partial charge in [-0.05, 0) is 24.6 Å². The molecule has 1 fully saturated rings. The molecule has 0 saturated carbocycles. The molecule has 1 N–H and O–H groups in total. The smallest absolute Gasteiger partial charge is 0.335 e. The summed E-state index contributed by atoms with van der Waals surface area (Å²) >= 11 is 1.71. The molecule has 19 heavy (non-hydrogen) atoms. The van der Waals surface area contributed by atoms with E-state index in [4.69, 9.17) is 9.84 Å². The summed E-state index contributed by atoms with van der Waals surface area (Å²) in [5.41, 5.74) is 1.21. The summed E-state index contributed by atoms with van der Waals surface area (Å²) in [6.07, 6.45) is 0. The van der Waals surface area contributed by atoms with Crippen molar-refractivity contribution in [2.24, 2.45) is 0 Å². The average molecular weight is 281 g/mol. The Kier molecular flexibility index (Phi) is 5.24. The van der Waals surface area contributed by atoms with Crippen LogP contribution in [0.2, 0.25) is 0 Å². The number of rotatable bonds is 5. The van der Waals surface area contributed by atoms with Crippen LogP contribution >= 0.6 is 11.8 Å². The fourth-order valence-electron chi connectivity index (χ4n) is 2.04. The first-order valence-corrected chi connectivity index (χ1v) is 7.42. The molecule has 1 aromatic carbocycles. The number of thioether (sulfide) groups is 1. The molecule has 0 bridgehead atoms. The van der Waals surface area contributed by atoms with Crippen molar-refractivity contribution in [3.63, 3.8) is 0 Å². The normalized spacial score (nSPS) is 16.5. The molecule has 0 aliphatic carbocycles. The van der Waals surface area contributed by atoms with Crippen LogP contribution < -0.4 is 0 Å². The third-order valence-electron chi connectivity index (χ3n) is 3.22. The van der Waals surface area contributed by atoms with Crippen molar-refractivity contribution in [3.8, 4) is 0 Å². The van der Waals surface area contributed by atoms with Crippen molar-refractivity contribution < 1.29 is 14.6 Å². The number of ether oxygens (including phenoxy) is 1. The number of carboxylic acid groups (broad SMARTS) is 1. The molecule has 0 atom stereocenters. The summed E-state index contributed by atoms with van der Waals surface area (Å²) in [6, 6.07) is 5.63. The first-order chi connectivity index (χ1) is 9.16. The molecule has 1 aliphatic rings. The second-order valence-corrected chi connectivity index (χ2v) is 5.75. The quantitative estimate of drug-likeness (QED) is 0.838. The van der Waals surface area contributed by atoms with Gasteiger partial charge in [0, 0.05) is 30.3 Å². The summed E-state index contributed by atoms with van der Waals surface area (Å²) in [6.45, 7) is 6.47. The van der Waals surface area contributed by atoms with Crippen molar-refractivity contribution in [3.05, 3.63) is 29.3 Å². The number of benzene rings is 1. The Morgan fingerprint density at radius 1 is 1.42 bits per heavy atom. The highest BCUT2D eigenvalue weighted by Gasteiger charge is 2.11. The van der Waals surface area contributed by atoms with Gasteiger partial charge in [0.25, 0.3) is 0 Å². The largest absolute Gasteiger partial charge is 0.478 e. The Labute approximate surface area is 117 Å². The monoisotopic (exact) mass is 281 g/mol. The second kappa shape index (κ2) is 6.93. The van der Waals surface area contributed by atoms with Crippen LogP contribution in [0, 0.1) is 6.92 Å². The number of nitrogens with zero attached hydrogens (tertiary/aromatic N) is 1. The number of hydrogen-bond acceptors (Lipinski definition) is 4. The molecule has 0 radical (unpaired) electrons. The summed E-state index contributed by atoms with van der Waals surface area (Å²) < 4.78 is 5.31. The summed E-state index contributed by atoms with van der Waals surface area (Å²) in [5, 5.41) is 9.09. The number of hydrogen-bond donors (Lipinski definition) is 1. The van der Waals surface area contributed by atoms with E-state index >= 15 is 0 Å². The van der Waals surface area contributed by atoms with Crippen molar-refractivity contribution in [2.75, 3.05) is 38.6 Å². The topological polar surface area (TPSA) is 49.8 Å². The van der Waals surface area contributed by atoms with Gasteiger partial charge in [0.2, 0.25) is 0 Å². The van der Waals surface area contributed by atoms with Crippen LogP contribution in [0.3, 0.4) is 0 Å². The van der Waals surface area contributed by atoms with Crippen molar-refractivity contribution >= 4 is 17.7 Å². The molecule has 4 nitrogen and oxygen atoms in total. The number of carboxylic acids is 1. The molecule has 1 saturated heterocycles. The lowest BCUT2D eigenvalue weighted by atomic mass is 10.1. The van der Waals surface area contributed by atoms with E-state index in [0.717, 1.165) is 49.1 Å². The molecule has 5 heteroatoms. The Hall–Kier alpha value is -1.04. The van der Waals surface area contributed by atoms with Crippen LogP contribution in [0.25, 0.3) is 0 Å².